The van der Waals surface area contributed by atoms with Gasteiger partial charge in [-0.05, 0) is 31.9 Å². The zero-order valence-corrected chi connectivity index (χ0v) is 12.1. The van der Waals surface area contributed by atoms with E-state index in [-0.39, 0.29) is 6.03 Å². The standard InChI is InChI=1S/C15H19N3O2/c1-10-8-11(2)14(12(3)13(10)9-16)20-7-6-18-5-4-17-15(18)19/h8H,4-7H2,1-3H3,(H,17,19). The lowest BCUT2D eigenvalue weighted by Gasteiger charge is -2.18. The molecule has 20 heavy (non-hydrogen) atoms. The summed E-state index contributed by atoms with van der Waals surface area (Å²) in [6.07, 6.45) is 0. The summed E-state index contributed by atoms with van der Waals surface area (Å²) in [6, 6.07) is 4.14. The monoisotopic (exact) mass is 273 g/mol. The highest BCUT2D eigenvalue weighted by molar-refractivity contribution is 5.76. The van der Waals surface area contributed by atoms with E-state index in [0.717, 1.165) is 29.0 Å². The molecule has 2 amide bonds. The van der Waals surface area contributed by atoms with Gasteiger partial charge in [-0.3, -0.25) is 0 Å². The summed E-state index contributed by atoms with van der Waals surface area (Å²) in [7, 11) is 0. The number of urea groups is 1. The van der Waals surface area contributed by atoms with Crippen molar-refractivity contribution in [3.63, 3.8) is 0 Å². The van der Waals surface area contributed by atoms with Gasteiger partial charge >= 0.3 is 6.03 Å². The van der Waals surface area contributed by atoms with Gasteiger partial charge in [0, 0.05) is 18.7 Å². The van der Waals surface area contributed by atoms with Gasteiger partial charge in [0.15, 0.2) is 0 Å². The van der Waals surface area contributed by atoms with Crippen LogP contribution < -0.4 is 10.1 Å². The number of carbonyl (C=O) groups is 1. The molecule has 1 aromatic rings. The quantitative estimate of drug-likeness (QED) is 0.911. The van der Waals surface area contributed by atoms with Crippen molar-refractivity contribution in [2.75, 3.05) is 26.2 Å². The Kier molecular flexibility index (Phi) is 4.14. The van der Waals surface area contributed by atoms with Gasteiger partial charge in [0.1, 0.15) is 12.4 Å². The van der Waals surface area contributed by atoms with E-state index in [1.54, 1.807) is 4.90 Å². The lowest BCUT2D eigenvalue weighted by Crippen LogP contribution is -2.32. The van der Waals surface area contributed by atoms with E-state index in [1.165, 1.54) is 0 Å². The van der Waals surface area contributed by atoms with Gasteiger partial charge < -0.3 is 15.0 Å². The lowest BCUT2D eigenvalue weighted by atomic mass is 9.99. The minimum absolute atomic E-state index is 0.0383. The zero-order valence-electron chi connectivity index (χ0n) is 12.1. The molecule has 0 aromatic heterocycles. The van der Waals surface area contributed by atoms with E-state index >= 15 is 0 Å². The number of nitrogens with zero attached hydrogens (tertiary/aromatic N) is 2. The number of aryl methyl sites for hydroxylation is 2. The molecular formula is C15H19N3O2. The fourth-order valence-electron chi connectivity index (χ4n) is 2.54. The molecule has 0 aliphatic carbocycles. The largest absolute Gasteiger partial charge is 0.491 e. The smallest absolute Gasteiger partial charge is 0.317 e. The van der Waals surface area contributed by atoms with Crippen LogP contribution in [-0.2, 0) is 0 Å². The molecule has 106 valence electrons. The first-order valence-electron chi connectivity index (χ1n) is 6.71. The molecule has 1 fully saturated rings. The van der Waals surface area contributed by atoms with Crippen LogP contribution in [0.15, 0.2) is 6.07 Å². The maximum absolute atomic E-state index is 11.4. The van der Waals surface area contributed by atoms with Crippen LogP contribution in [0.1, 0.15) is 22.3 Å². The van der Waals surface area contributed by atoms with Crippen LogP contribution in [0.4, 0.5) is 4.79 Å². The number of amides is 2. The number of benzene rings is 1. The minimum atomic E-state index is -0.0383. The average Bonchev–Trinajstić information content (AvgIpc) is 2.79. The maximum Gasteiger partial charge on any atom is 0.317 e. The summed E-state index contributed by atoms with van der Waals surface area (Å²) in [5, 5.41) is 11.9. The molecular weight excluding hydrogens is 254 g/mol. The van der Waals surface area contributed by atoms with E-state index in [2.05, 4.69) is 11.4 Å². The Hall–Kier alpha value is -2.22. The van der Waals surface area contributed by atoms with Gasteiger partial charge in [0.05, 0.1) is 18.2 Å². The summed E-state index contributed by atoms with van der Waals surface area (Å²) in [5.74, 6) is 0.756. The number of nitrogens with one attached hydrogen (secondary N) is 1. The molecule has 0 atom stereocenters. The van der Waals surface area contributed by atoms with E-state index in [4.69, 9.17) is 4.74 Å². The fourth-order valence-corrected chi connectivity index (χ4v) is 2.54. The number of ether oxygens (including phenoxy) is 1. The Labute approximate surface area is 119 Å². The van der Waals surface area contributed by atoms with Crippen LogP contribution >= 0.6 is 0 Å². The summed E-state index contributed by atoms with van der Waals surface area (Å²) in [6.45, 7) is 8.20. The van der Waals surface area contributed by atoms with Crippen molar-refractivity contribution in [3.05, 3.63) is 28.3 Å². The summed E-state index contributed by atoms with van der Waals surface area (Å²) >= 11 is 0. The number of hydrogen-bond acceptors (Lipinski definition) is 3. The topological polar surface area (TPSA) is 65.4 Å². The molecule has 1 heterocycles. The first-order chi connectivity index (χ1) is 9.54. The van der Waals surface area contributed by atoms with Gasteiger partial charge in [-0.15, -0.1) is 0 Å². The number of rotatable bonds is 4. The molecule has 5 nitrogen and oxygen atoms in total. The number of hydrogen-bond donors (Lipinski definition) is 1. The van der Waals surface area contributed by atoms with Gasteiger partial charge in [-0.1, -0.05) is 6.07 Å². The van der Waals surface area contributed by atoms with Crippen molar-refractivity contribution < 1.29 is 9.53 Å². The number of carbonyl (C=O) groups excluding carboxylic acids is 1. The van der Waals surface area contributed by atoms with Gasteiger partial charge in [0.2, 0.25) is 0 Å². The highest BCUT2D eigenvalue weighted by Gasteiger charge is 2.19. The molecule has 1 N–H and O–H groups in total. The molecule has 1 saturated heterocycles. The predicted molar refractivity (Wildman–Crippen MR) is 75.8 cm³/mol. The Morgan fingerprint density at radius 2 is 2.15 bits per heavy atom. The Morgan fingerprint density at radius 1 is 1.40 bits per heavy atom. The van der Waals surface area contributed by atoms with Crippen LogP contribution in [-0.4, -0.2) is 37.2 Å². The van der Waals surface area contributed by atoms with Crippen molar-refractivity contribution in [3.8, 4) is 11.8 Å². The Morgan fingerprint density at radius 3 is 2.75 bits per heavy atom. The fraction of sp³-hybridized carbons (Fsp3) is 0.467. The molecule has 1 aliphatic rings. The third-order valence-corrected chi connectivity index (χ3v) is 3.57. The van der Waals surface area contributed by atoms with Crippen molar-refractivity contribution in [2.45, 2.75) is 20.8 Å². The first-order valence-corrected chi connectivity index (χ1v) is 6.71. The molecule has 0 saturated carbocycles. The first kappa shape index (κ1) is 14.2. The average molecular weight is 273 g/mol. The molecule has 0 spiro atoms. The van der Waals surface area contributed by atoms with Crippen molar-refractivity contribution >= 4 is 6.03 Å². The molecule has 2 rings (SSSR count). The van der Waals surface area contributed by atoms with Crippen LogP contribution in [0.2, 0.25) is 0 Å². The highest BCUT2D eigenvalue weighted by Crippen LogP contribution is 2.28. The zero-order chi connectivity index (χ0) is 14.7. The molecule has 5 heteroatoms. The number of nitriles is 1. The second kappa shape index (κ2) is 5.83. The molecule has 0 radical (unpaired) electrons. The minimum Gasteiger partial charge on any atom is -0.491 e. The van der Waals surface area contributed by atoms with Crippen LogP contribution in [0, 0.1) is 32.1 Å². The second-order valence-corrected chi connectivity index (χ2v) is 5.02. The third kappa shape index (κ3) is 2.69. The van der Waals surface area contributed by atoms with Crippen LogP contribution in [0.25, 0.3) is 0 Å². The second-order valence-electron chi connectivity index (χ2n) is 5.02. The van der Waals surface area contributed by atoms with E-state index < -0.39 is 0 Å². The summed E-state index contributed by atoms with van der Waals surface area (Å²) < 4.78 is 5.80. The van der Waals surface area contributed by atoms with Crippen LogP contribution in [0.5, 0.6) is 5.75 Å². The van der Waals surface area contributed by atoms with Crippen molar-refractivity contribution in [2.24, 2.45) is 0 Å². The van der Waals surface area contributed by atoms with Gasteiger partial charge in [0.25, 0.3) is 0 Å². The molecule has 0 bridgehead atoms. The Bertz CT molecular complexity index is 575. The third-order valence-electron chi connectivity index (χ3n) is 3.57. The highest BCUT2D eigenvalue weighted by atomic mass is 16.5. The molecule has 1 aromatic carbocycles. The van der Waals surface area contributed by atoms with E-state index in [0.29, 0.717) is 25.3 Å². The van der Waals surface area contributed by atoms with E-state index in [9.17, 15) is 10.1 Å². The van der Waals surface area contributed by atoms with E-state index in [1.807, 2.05) is 26.8 Å². The SMILES string of the molecule is Cc1cc(C)c(OCCN2CCNC2=O)c(C)c1C#N. The summed E-state index contributed by atoms with van der Waals surface area (Å²) in [5.41, 5.74) is 3.53. The van der Waals surface area contributed by atoms with Gasteiger partial charge in [-0.2, -0.15) is 5.26 Å². The van der Waals surface area contributed by atoms with Crippen LogP contribution in [0.3, 0.4) is 0 Å². The van der Waals surface area contributed by atoms with Gasteiger partial charge in [-0.25, -0.2) is 4.79 Å². The Balaban J connectivity index is 2.06. The normalized spacial score (nSPS) is 14.1. The molecule has 1 aliphatic heterocycles. The molecule has 0 unspecified atom stereocenters. The predicted octanol–water partition coefficient (Wildman–Crippen LogP) is 1.89. The maximum atomic E-state index is 11.4. The van der Waals surface area contributed by atoms with Crippen molar-refractivity contribution in [1.29, 1.82) is 5.26 Å². The summed E-state index contributed by atoms with van der Waals surface area (Å²) in [4.78, 5) is 13.1. The lowest BCUT2D eigenvalue weighted by molar-refractivity contribution is 0.202. The van der Waals surface area contributed by atoms with Crippen molar-refractivity contribution in [1.82, 2.24) is 10.2 Å².